The summed E-state index contributed by atoms with van der Waals surface area (Å²) in [7, 11) is 0. The third kappa shape index (κ3) is 6.42. The molecule has 0 saturated heterocycles. The van der Waals surface area contributed by atoms with Crippen LogP contribution >= 0.6 is 0 Å². The number of benzene rings is 3. The predicted molar refractivity (Wildman–Crippen MR) is 149 cm³/mol. The molecule has 0 aliphatic heterocycles. The number of alkyl halides is 3. The zero-order chi connectivity index (χ0) is 29.1. The first-order chi connectivity index (χ1) is 19.6. The van der Waals surface area contributed by atoms with Gasteiger partial charge in [-0.15, -0.1) is 0 Å². The van der Waals surface area contributed by atoms with E-state index in [0.717, 1.165) is 54.6 Å². The van der Waals surface area contributed by atoms with Crippen molar-refractivity contribution in [2.45, 2.75) is 51.2 Å². The molecule has 1 heterocycles. The molecular formula is C31H29F3N4O3. The van der Waals surface area contributed by atoms with Gasteiger partial charge in [-0.05, 0) is 67.8 Å². The minimum absolute atomic E-state index is 0.121. The van der Waals surface area contributed by atoms with Crippen molar-refractivity contribution in [3.8, 4) is 17.0 Å². The summed E-state index contributed by atoms with van der Waals surface area (Å²) in [4.78, 5) is 26.0. The third-order valence-electron chi connectivity index (χ3n) is 7.25. The molecular weight excluding hydrogens is 533 g/mol. The first-order valence-corrected chi connectivity index (χ1v) is 13.3. The van der Waals surface area contributed by atoms with Crippen LogP contribution in [0.25, 0.3) is 11.3 Å². The molecule has 41 heavy (non-hydrogen) atoms. The van der Waals surface area contributed by atoms with Gasteiger partial charge in [-0.3, -0.25) is 4.79 Å². The third-order valence-corrected chi connectivity index (χ3v) is 7.25. The summed E-state index contributed by atoms with van der Waals surface area (Å²) in [5, 5.41) is 20.7. The number of rotatable bonds is 6. The number of aromatic hydroxyl groups is 1. The van der Waals surface area contributed by atoms with E-state index in [9.17, 15) is 27.9 Å². The number of carbonyl (C=O) groups excluding carboxylic acids is 2. The van der Waals surface area contributed by atoms with Crippen LogP contribution in [0.4, 0.5) is 23.7 Å². The lowest BCUT2D eigenvalue weighted by atomic mass is 10.0. The Balaban J connectivity index is 1.40. The lowest BCUT2D eigenvalue weighted by molar-refractivity contribution is -0.137. The highest BCUT2D eigenvalue weighted by molar-refractivity contribution is 6.04. The van der Waals surface area contributed by atoms with E-state index in [1.807, 2.05) is 31.2 Å². The molecule has 1 aliphatic carbocycles. The Labute approximate surface area is 235 Å². The summed E-state index contributed by atoms with van der Waals surface area (Å²) >= 11 is 0. The largest absolute Gasteiger partial charge is 0.507 e. The van der Waals surface area contributed by atoms with Crippen LogP contribution in [0.5, 0.6) is 5.75 Å². The molecule has 0 radical (unpaired) electrons. The quantitative estimate of drug-likeness (QED) is 0.216. The van der Waals surface area contributed by atoms with Gasteiger partial charge in [-0.2, -0.15) is 23.0 Å². The second kappa shape index (κ2) is 11.5. The van der Waals surface area contributed by atoms with Gasteiger partial charge in [0.2, 0.25) is 0 Å². The van der Waals surface area contributed by atoms with Crippen LogP contribution < -0.4 is 10.6 Å². The topological polar surface area (TPSA) is 96.3 Å². The van der Waals surface area contributed by atoms with Gasteiger partial charge < -0.3 is 15.7 Å². The summed E-state index contributed by atoms with van der Waals surface area (Å²) in [6, 6.07) is 17.6. The van der Waals surface area contributed by atoms with Gasteiger partial charge in [0, 0.05) is 29.3 Å². The van der Waals surface area contributed by atoms with Crippen molar-refractivity contribution in [2.75, 3.05) is 5.32 Å². The van der Waals surface area contributed by atoms with Crippen molar-refractivity contribution in [3.05, 3.63) is 101 Å². The van der Waals surface area contributed by atoms with Crippen molar-refractivity contribution in [2.24, 2.45) is 0 Å². The molecule has 0 atom stereocenters. The molecule has 0 bridgehead atoms. The van der Waals surface area contributed by atoms with Crippen molar-refractivity contribution in [3.63, 3.8) is 0 Å². The van der Waals surface area contributed by atoms with E-state index in [0.29, 0.717) is 12.2 Å². The molecule has 1 aliphatic rings. The van der Waals surface area contributed by atoms with E-state index in [4.69, 9.17) is 0 Å². The Morgan fingerprint density at radius 1 is 1.00 bits per heavy atom. The second-order valence-corrected chi connectivity index (χ2v) is 10.3. The molecule has 7 nitrogen and oxygen atoms in total. The molecule has 4 aromatic rings. The van der Waals surface area contributed by atoms with E-state index in [1.165, 1.54) is 35.0 Å². The maximum Gasteiger partial charge on any atom is 0.416 e. The van der Waals surface area contributed by atoms with Crippen LogP contribution in [-0.4, -0.2) is 26.8 Å². The summed E-state index contributed by atoms with van der Waals surface area (Å²) in [5.74, 6) is -0.725. The van der Waals surface area contributed by atoms with Crippen LogP contribution in [0.3, 0.4) is 0 Å². The summed E-state index contributed by atoms with van der Waals surface area (Å²) in [6.07, 6.45) is -0.674. The van der Waals surface area contributed by atoms with Gasteiger partial charge >= 0.3 is 12.2 Å². The number of phenolic OH excluding ortho intramolecular Hbond substituents is 1. The second-order valence-electron chi connectivity index (χ2n) is 10.3. The van der Waals surface area contributed by atoms with Crippen LogP contribution in [-0.2, 0) is 12.7 Å². The zero-order valence-corrected chi connectivity index (χ0v) is 22.3. The molecule has 1 fully saturated rings. The van der Waals surface area contributed by atoms with Gasteiger partial charge in [0.05, 0.1) is 17.0 Å². The minimum atomic E-state index is -4.58. The highest BCUT2D eigenvalue weighted by atomic mass is 19.4. The first kappa shape index (κ1) is 27.9. The predicted octanol–water partition coefficient (Wildman–Crippen LogP) is 7.25. The fourth-order valence-electron chi connectivity index (χ4n) is 5.02. The molecule has 3 aromatic carbocycles. The van der Waals surface area contributed by atoms with Crippen LogP contribution in [0.15, 0.2) is 72.8 Å². The molecule has 2 amide bonds. The standard InChI is InChI=1S/C31H29F3N4O3/c1-19-9-11-20(12-10-19)18-35-30(41)38-27(21-5-2-3-6-21)17-26(37-38)25-16-24(13-14-28(25)39)36-29(40)22-7-4-8-23(15-22)31(32,33)34/h4,7-17,21,39H,2-3,5-6,18H2,1H3,(H,35,41)(H,36,40). The highest BCUT2D eigenvalue weighted by Crippen LogP contribution is 2.38. The lowest BCUT2D eigenvalue weighted by Gasteiger charge is -2.12. The number of phenols is 1. The number of hydrogen-bond acceptors (Lipinski definition) is 4. The fourth-order valence-corrected chi connectivity index (χ4v) is 5.02. The number of halogens is 3. The molecule has 10 heteroatoms. The van der Waals surface area contributed by atoms with Crippen molar-refractivity contribution >= 4 is 17.6 Å². The number of amides is 2. The maximum absolute atomic E-state index is 13.2. The van der Waals surface area contributed by atoms with Crippen molar-refractivity contribution in [1.82, 2.24) is 15.1 Å². The van der Waals surface area contributed by atoms with Crippen molar-refractivity contribution < 1.29 is 27.9 Å². The summed E-state index contributed by atoms with van der Waals surface area (Å²) in [5.41, 5.74) is 2.57. The van der Waals surface area contributed by atoms with Crippen molar-refractivity contribution in [1.29, 1.82) is 0 Å². The van der Waals surface area contributed by atoms with Crippen LogP contribution in [0.1, 0.15) is 64.3 Å². The molecule has 212 valence electrons. The summed E-state index contributed by atoms with van der Waals surface area (Å²) < 4.78 is 40.6. The molecule has 1 aromatic heterocycles. The molecule has 0 spiro atoms. The molecule has 1 saturated carbocycles. The number of hydrogen-bond donors (Lipinski definition) is 3. The fraction of sp³-hybridized carbons (Fsp3) is 0.258. The summed E-state index contributed by atoms with van der Waals surface area (Å²) in [6.45, 7) is 2.31. The number of aromatic nitrogens is 2. The van der Waals surface area contributed by atoms with Gasteiger partial charge in [0.25, 0.3) is 5.91 Å². The Kier molecular flexibility index (Phi) is 7.83. The average Bonchev–Trinajstić information content (AvgIpc) is 3.64. The molecule has 0 unspecified atom stereocenters. The number of nitrogens with zero attached hydrogens (tertiary/aromatic N) is 2. The van der Waals surface area contributed by atoms with E-state index in [-0.39, 0.29) is 28.5 Å². The van der Waals surface area contributed by atoms with Crippen LogP contribution in [0, 0.1) is 6.92 Å². The van der Waals surface area contributed by atoms with E-state index in [1.54, 1.807) is 6.07 Å². The lowest BCUT2D eigenvalue weighted by Crippen LogP contribution is -2.30. The molecule has 5 rings (SSSR count). The van der Waals surface area contributed by atoms with Crippen LogP contribution in [0.2, 0.25) is 0 Å². The van der Waals surface area contributed by atoms with Gasteiger partial charge in [0.1, 0.15) is 5.75 Å². The van der Waals surface area contributed by atoms with E-state index in [2.05, 4.69) is 15.7 Å². The zero-order valence-electron chi connectivity index (χ0n) is 22.3. The van der Waals surface area contributed by atoms with E-state index >= 15 is 0 Å². The maximum atomic E-state index is 13.2. The Morgan fingerprint density at radius 3 is 2.44 bits per heavy atom. The smallest absolute Gasteiger partial charge is 0.416 e. The minimum Gasteiger partial charge on any atom is -0.507 e. The SMILES string of the molecule is Cc1ccc(CNC(=O)n2nc(-c3cc(NC(=O)c4cccc(C(F)(F)F)c4)ccc3O)cc2C2CCCC2)cc1. The molecule has 3 N–H and O–H groups in total. The first-order valence-electron chi connectivity index (χ1n) is 13.3. The Bertz CT molecular complexity index is 1570. The highest BCUT2D eigenvalue weighted by Gasteiger charge is 2.31. The normalized spacial score (nSPS) is 13.8. The Hall–Kier alpha value is -4.60. The van der Waals surface area contributed by atoms with E-state index < -0.39 is 23.7 Å². The van der Waals surface area contributed by atoms with Gasteiger partial charge in [-0.1, -0.05) is 48.7 Å². The van der Waals surface area contributed by atoms with Gasteiger partial charge in [-0.25, -0.2) is 4.79 Å². The number of aryl methyl sites for hydroxylation is 1. The van der Waals surface area contributed by atoms with Gasteiger partial charge in [0.15, 0.2) is 0 Å². The monoisotopic (exact) mass is 562 g/mol. The number of anilines is 1. The number of nitrogens with one attached hydrogen (secondary N) is 2. The Morgan fingerprint density at radius 2 is 1.73 bits per heavy atom. The average molecular weight is 563 g/mol. The number of carbonyl (C=O) groups is 2.